The first kappa shape index (κ1) is 13.8. The third-order valence-corrected chi connectivity index (χ3v) is 3.10. The molecule has 0 radical (unpaired) electrons. The molecule has 0 aromatic carbocycles. The highest BCUT2D eigenvalue weighted by atomic mass is 16.5. The molecule has 0 aliphatic carbocycles. The van der Waals surface area contributed by atoms with Crippen LogP contribution in [0.2, 0.25) is 0 Å². The zero-order valence-corrected chi connectivity index (χ0v) is 11.3. The van der Waals surface area contributed by atoms with Crippen LogP contribution in [0.15, 0.2) is 18.2 Å². The molecular formula is C14H21N3O2. The van der Waals surface area contributed by atoms with Crippen molar-refractivity contribution in [2.75, 3.05) is 25.0 Å². The van der Waals surface area contributed by atoms with Gasteiger partial charge in [-0.2, -0.15) is 0 Å². The van der Waals surface area contributed by atoms with Gasteiger partial charge in [0.1, 0.15) is 11.5 Å². The molecule has 1 unspecified atom stereocenters. The number of nitrogens with zero attached hydrogens (tertiary/aromatic N) is 1. The van der Waals surface area contributed by atoms with Crippen LogP contribution in [0.5, 0.6) is 0 Å². The van der Waals surface area contributed by atoms with E-state index in [0.717, 1.165) is 31.8 Å². The van der Waals surface area contributed by atoms with Crippen LogP contribution in [0, 0.1) is 0 Å². The first-order valence-corrected chi connectivity index (χ1v) is 6.90. The molecule has 104 valence electrons. The topological polar surface area (TPSA) is 63.2 Å². The van der Waals surface area contributed by atoms with Gasteiger partial charge in [0, 0.05) is 19.7 Å². The van der Waals surface area contributed by atoms with Gasteiger partial charge in [0.2, 0.25) is 0 Å². The number of anilines is 1. The molecule has 2 heterocycles. The van der Waals surface area contributed by atoms with E-state index in [0.29, 0.717) is 12.2 Å². The molecule has 5 nitrogen and oxygen atoms in total. The molecular weight excluding hydrogens is 242 g/mol. The standard InChI is InChI=1S/C14H21N3O2/c1-2-15-13-8-5-7-12(17-13)14(18)16-10-11-6-3-4-9-19-11/h5,7-8,11H,2-4,6,9-10H2,1H3,(H,15,17)(H,16,18). The van der Waals surface area contributed by atoms with Crippen LogP contribution < -0.4 is 10.6 Å². The molecule has 1 aliphatic heterocycles. The van der Waals surface area contributed by atoms with E-state index in [1.165, 1.54) is 6.42 Å². The fraction of sp³-hybridized carbons (Fsp3) is 0.571. The molecule has 2 rings (SSSR count). The Morgan fingerprint density at radius 2 is 2.37 bits per heavy atom. The van der Waals surface area contributed by atoms with E-state index in [1.54, 1.807) is 6.07 Å². The molecule has 1 amide bonds. The summed E-state index contributed by atoms with van der Waals surface area (Å²) in [7, 11) is 0. The summed E-state index contributed by atoms with van der Waals surface area (Å²) in [5.74, 6) is 0.581. The van der Waals surface area contributed by atoms with Crippen molar-refractivity contribution >= 4 is 11.7 Å². The summed E-state index contributed by atoms with van der Waals surface area (Å²) in [6.45, 7) is 4.14. The average molecular weight is 263 g/mol. The van der Waals surface area contributed by atoms with Crippen molar-refractivity contribution in [1.82, 2.24) is 10.3 Å². The summed E-state index contributed by atoms with van der Waals surface area (Å²) >= 11 is 0. The van der Waals surface area contributed by atoms with E-state index in [-0.39, 0.29) is 12.0 Å². The highest BCUT2D eigenvalue weighted by Crippen LogP contribution is 2.12. The Labute approximate surface area is 113 Å². The van der Waals surface area contributed by atoms with Gasteiger partial charge in [0.05, 0.1) is 6.10 Å². The Kier molecular flexibility index (Phi) is 5.15. The average Bonchev–Trinajstić information content (AvgIpc) is 2.46. The third-order valence-electron chi connectivity index (χ3n) is 3.10. The van der Waals surface area contributed by atoms with Gasteiger partial charge in [0.25, 0.3) is 5.91 Å². The second-order valence-electron chi connectivity index (χ2n) is 4.64. The van der Waals surface area contributed by atoms with E-state index in [4.69, 9.17) is 4.74 Å². The third kappa shape index (κ3) is 4.21. The van der Waals surface area contributed by atoms with E-state index in [2.05, 4.69) is 15.6 Å². The Morgan fingerprint density at radius 1 is 1.47 bits per heavy atom. The van der Waals surface area contributed by atoms with Crippen molar-refractivity contribution in [3.63, 3.8) is 0 Å². The molecule has 2 N–H and O–H groups in total. The normalized spacial score (nSPS) is 18.9. The number of rotatable bonds is 5. The van der Waals surface area contributed by atoms with Gasteiger partial charge in [-0.25, -0.2) is 4.98 Å². The lowest BCUT2D eigenvalue weighted by Crippen LogP contribution is -2.35. The van der Waals surface area contributed by atoms with Gasteiger partial charge >= 0.3 is 0 Å². The molecule has 0 spiro atoms. The van der Waals surface area contributed by atoms with Crippen LogP contribution in [-0.2, 0) is 4.74 Å². The van der Waals surface area contributed by atoms with Crippen molar-refractivity contribution < 1.29 is 9.53 Å². The van der Waals surface area contributed by atoms with Gasteiger partial charge in [-0.3, -0.25) is 4.79 Å². The summed E-state index contributed by atoms with van der Waals surface area (Å²) < 4.78 is 5.58. The fourth-order valence-electron chi connectivity index (χ4n) is 2.11. The van der Waals surface area contributed by atoms with Crippen molar-refractivity contribution in [1.29, 1.82) is 0 Å². The SMILES string of the molecule is CCNc1cccc(C(=O)NCC2CCCCO2)n1. The highest BCUT2D eigenvalue weighted by Gasteiger charge is 2.15. The minimum absolute atomic E-state index is 0.145. The summed E-state index contributed by atoms with van der Waals surface area (Å²) in [4.78, 5) is 16.2. The first-order valence-electron chi connectivity index (χ1n) is 6.90. The molecule has 1 aromatic heterocycles. The van der Waals surface area contributed by atoms with E-state index in [9.17, 15) is 4.79 Å². The second kappa shape index (κ2) is 7.09. The van der Waals surface area contributed by atoms with Crippen LogP contribution in [0.25, 0.3) is 0 Å². The molecule has 1 atom stereocenters. The molecule has 5 heteroatoms. The molecule has 19 heavy (non-hydrogen) atoms. The molecule has 1 saturated heterocycles. The maximum atomic E-state index is 12.0. The minimum atomic E-state index is -0.145. The van der Waals surface area contributed by atoms with E-state index < -0.39 is 0 Å². The minimum Gasteiger partial charge on any atom is -0.376 e. The zero-order chi connectivity index (χ0) is 13.5. The fourth-order valence-corrected chi connectivity index (χ4v) is 2.11. The van der Waals surface area contributed by atoms with Crippen LogP contribution in [0.1, 0.15) is 36.7 Å². The number of carbonyl (C=O) groups is 1. The number of hydrogen-bond acceptors (Lipinski definition) is 4. The van der Waals surface area contributed by atoms with Gasteiger partial charge in [-0.05, 0) is 38.3 Å². The highest BCUT2D eigenvalue weighted by molar-refractivity contribution is 5.92. The van der Waals surface area contributed by atoms with Crippen molar-refractivity contribution in [2.45, 2.75) is 32.3 Å². The maximum absolute atomic E-state index is 12.0. The van der Waals surface area contributed by atoms with Crippen molar-refractivity contribution in [3.8, 4) is 0 Å². The van der Waals surface area contributed by atoms with Gasteiger partial charge < -0.3 is 15.4 Å². The second-order valence-corrected chi connectivity index (χ2v) is 4.64. The monoisotopic (exact) mass is 263 g/mol. The first-order chi connectivity index (χ1) is 9.29. The molecule has 0 saturated carbocycles. The summed E-state index contributed by atoms with van der Waals surface area (Å²) in [6.07, 6.45) is 3.46. The summed E-state index contributed by atoms with van der Waals surface area (Å²) in [5, 5.41) is 5.98. The quantitative estimate of drug-likeness (QED) is 0.850. The van der Waals surface area contributed by atoms with Crippen LogP contribution in [-0.4, -0.2) is 36.7 Å². The summed E-state index contributed by atoms with van der Waals surface area (Å²) in [5.41, 5.74) is 0.439. The number of amides is 1. The summed E-state index contributed by atoms with van der Waals surface area (Å²) in [6, 6.07) is 5.40. The number of aromatic nitrogens is 1. The number of nitrogens with one attached hydrogen (secondary N) is 2. The Balaban J connectivity index is 1.86. The lowest BCUT2D eigenvalue weighted by molar-refractivity contribution is 0.0168. The predicted octanol–water partition coefficient (Wildman–Crippen LogP) is 1.81. The Morgan fingerprint density at radius 3 is 3.11 bits per heavy atom. The van der Waals surface area contributed by atoms with Crippen LogP contribution >= 0.6 is 0 Å². The van der Waals surface area contributed by atoms with Crippen LogP contribution in [0.4, 0.5) is 5.82 Å². The van der Waals surface area contributed by atoms with Gasteiger partial charge in [-0.1, -0.05) is 6.07 Å². The number of hydrogen-bond donors (Lipinski definition) is 2. The Bertz CT molecular complexity index is 417. The number of pyridine rings is 1. The number of carbonyl (C=O) groups excluding carboxylic acids is 1. The van der Waals surface area contributed by atoms with Crippen molar-refractivity contribution in [3.05, 3.63) is 23.9 Å². The lowest BCUT2D eigenvalue weighted by atomic mass is 10.1. The molecule has 1 aromatic rings. The van der Waals surface area contributed by atoms with E-state index >= 15 is 0 Å². The lowest BCUT2D eigenvalue weighted by Gasteiger charge is -2.22. The predicted molar refractivity (Wildman–Crippen MR) is 74.3 cm³/mol. The Hall–Kier alpha value is -1.62. The van der Waals surface area contributed by atoms with Gasteiger partial charge in [0.15, 0.2) is 0 Å². The molecule has 0 bridgehead atoms. The zero-order valence-electron chi connectivity index (χ0n) is 11.3. The molecule has 1 aliphatic rings. The number of ether oxygens (including phenoxy) is 1. The maximum Gasteiger partial charge on any atom is 0.270 e. The van der Waals surface area contributed by atoms with Crippen molar-refractivity contribution in [2.24, 2.45) is 0 Å². The van der Waals surface area contributed by atoms with Gasteiger partial charge in [-0.15, -0.1) is 0 Å². The van der Waals surface area contributed by atoms with Crippen LogP contribution in [0.3, 0.4) is 0 Å². The molecule has 1 fully saturated rings. The van der Waals surface area contributed by atoms with E-state index in [1.807, 2.05) is 19.1 Å². The largest absolute Gasteiger partial charge is 0.376 e. The smallest absolute Gasteiger partial charge is 0.270 e.